The van der Waals surface area contributed by atoms with Gasteiger partial charge in [0.25, 0.3) is 0 Å². The molecule has 0 N–H and O–H groups in total. The lowest BCUT2D eigenvalue weighted by Gasteiger charge is -2.24. The quantitative estimate of drug-likeness (QED) is 0.784. The van der Waals surface area contributed by atoms with Gasteiger partial charge in [0.05, 0.1) is 12.1 Å². The molecule has 5 heteroatoms. The van der Waals surface area contributed by atoms with Crippen LogP contribution in [0.1, 0.15) is 12.0 Å². The third kappa shape index (κ3) is 3.12. The highest BCUT2D eigenvalue weighted by atomic mass is 35.5. The Kier molecular flexibility index (Phi) is 4.40. The summed E-state index contributed by atoms with van der Waals surface area (Å²) in [6.45, 7) is 3.20. The number of hydrogen-bond donors (Lipinski definition) is 0. The van der Waals surface area contributed by atoms with Crippen LogP contribution >= 0.6 is 11.6 Å². The summed E-state index contributed by atoms with van der Waals surface area (Å²) in [5.41, 5.74) is 0.755. The minimum atomic E-state index is -0.330. The second kappa shape index (κ2) is 5.85. The number of nitrogens with zero attached hydrogens (tertiary/aromatic N) is 3. The second-order valence-electron chi connectivity index (χ2n) is 5.07. The van der Waals surface area contributed by atoms with Crippen molar-refractivity contribution in [2.75, 3.05) is 38.6 Å². The van der Waals surface area contributed by atoms with E-state index >= 15 is 0 Å². The lowest BCUT2D eigenvalue weighted by molar-refractivity contribution is 0.395. The zero-order valence-corrected chi connectivity index (χ0v) is 11.6. The molecule has 2 rings (SSSR count). The van der Waals surface area contributed by atoms with E-state index in [2.05, 4.69) is 21.8 Å². The van der Waals surface area contributed by atoms with E-state index in [-0.39, 0.29) is 11.7 Å². The van der Waals surface area contributed by atoms with Crippen LogP contribution in [0.25, 0.3) is 0 Å². The fourth-order valence-electron chi connectivity index (χ4n) is 2.57. The topological polar surface area (TPSA) is 19.4 Å². The fourth-order valence-corrected chi connectivity index (χ4v) is 2.76. The molecule has 3 nitrogen and oxygen atoms in total. The molecule has 1 unspecified atom stereocenters. The molecule has 0 saturated carbocycles. The molecular formula is C13H19ClFN3. The van der Waals surface area contributed by atoms with Crippen LogP contribution in [0.5, 0.6) is 0 Å². The Bertz CT molecular complexity index is 413. The average molecular weight is 272 g/mol. The van der Waals surface area contributed by atoms with Crippen molar-refractivity contribution < 1.29 is 4.39 Å². The molecule has 18 heavy (non-hydrogen) atoms. The molecule has 0 amide bonds. The highest BCUT2D eigenvalue weighted by Gasteiger charge is 2.22. The molecule has 1 aliphatic rings. The summed E-state index contributed by atoms with van der Waals surface area (Å²) < 4.78 is 13.1. The van der Waals surface area contributed by atoms with Gasteiger partial charge in [-0.15, -0.1) is 11.6 Å². The highest BCUT2D eigenvalue weighted by molar-refractivity contribution is 6.17. The normalized spacial score (nSPS) is 20.3. The molecule has 1 aliphatic heterocycles. The fraction of sp³-hybridized carbons (Fsp3) is 0.615. The lowest BCUT2D eigenvalue weighted by atomic mass is 10.1. The Morgan fingerprint density at radius 1 is 1.61 bits per heavy atom. The van der Waals surface area contributed by atoms with Crippen LogP contribution in [0.2, 0.25) is 0 Å². The molecular weight excluding hydrogens is 253 g/mol. The summed E-state index contributed by atoms with van der Waals surface area (Å²) in [5.74, 6) is 1.40. The van der Waals surface area contributed by atoms with Crippen LogP contribution in [0, 0.1) is 11.7 Å². The first-order valence-electron chi connectivity index (χ1n) is 6.20. The maximum atomic E-state index is 13.1. The van der Waals surface area contributed by atoms with Crippen molar-refractivity contribution in [3.8, 4) is 0 Å². The smallest absolute Gasteiger partial charge is 0.141 e. The van der Waals surface area contributed by atoms with Crippen LogP contribution in [-0.2, 0) is 5.88 Å². The molecule has 0 aliphatic carbocycles. The van der Waals surface area contributed by atoms with Gasteiger partial charge in [-0.1, -0.05) is 0 Å². The monoisotopic (exact) mass is 271 g/mol. The third-order valence-corrected chi connectivity index (χ3v) is 3.72. The molecule has 100 valence electrons. The van der Waals surface area contributed by atoms with Gasteiger partial charge in [0.1, 0.15) is 11.6 Å². The van der Waals surface area contributed by atoms with Crippen molar-refractivity contribution in [3.63, 3.8) is 0 Å². The van der Waals surface area contributed by atoms with E-state index in [4.69, 9.17) is 11.6 Å². The predicted octanol–water partition coefficient (Wildman–Crippen LogP) is 2.35. The molecule has 0 bridgehead atoms. The van der Waals surface area contributed by atoms with Crippen molar-refractivity contribution >= 4 is 17.4 Å². The maximum Gasteiger partial charge on any atom is 0.141 e. The standard InChI is InChI=1S/C13H19ClFN3/c1-17-4-3-10(8-17)9-18(2)13-11(6-14)5-12(15)7-16-13/h5,7,10H,3-4,6,8-9H2,1-2H3. The summed E-state index contributed by atoms with van der Waals surface area (Å²) in [6.07, 6.45) is 2.46. The molecule has 1 saturated heterocycles. The van der Waals surface area contributed by atoms with Crippen LogP contribution in [0.4, 0.5) is 10.2 Å². The first-order chi connectivity index (χ1) is 8.60. The third-order valence-electron chi connectivity index (χ3n) is 3.44. The summed E-state index contributed by atoms with van der Waals surface area (Å²) >= 11 is 5.85. The Morgan fingerprint density at radius 2 is 2.39 bits per heavy atom. The number of rotatable bonds is 4. The van der Waals surface area contributed by atoms with Crippen molar-refractivity contribution in [2.45, 2.75) is 12.3 Å². The molecule has 1 aromatic rings. The van der Waals surface area contributed by atoms with Gasteiger partial charge in [0.2, 0.25) is 0 Å². The average Bonchev–Trinajstić information content (AvgIpc) is 2.74. The van der Waals surface area contributed by atoms with Gasteiger partial charge in [-0.25, -0.2) is 9.37 Å². The maximum absolute atomic E-state index is 13.1. The molecule has 1 aromatic heterocycles. The van der Waals surface area contributed by atoms with E-state index in [1.165, 1.54) is 18.7 Å². The molecule has 0 aromatic carbocycles. The van der Waals surface area contributed by atoms with E-state index in [1.807, 2.05) is 7.05 Å². The van der Waals surface area contributed by atoms with Gasteiger partial charge < -0.3 is 9.80 Å². The SMILES string of the molecule is CN1CCC(CN(C)c2ncc(F)cc2CCl)C1. The predicted molar refractivity (Wildman–Crippen MR) is 72.6 cm³/mol. The summed E-state index contributed by atoms with van der Waals surface area (Å²) in [7, 11) is 4.13. The molecule has 1 fully saturated rings. The molecule has 1 atom stereocenters. The van der Waals surface area contributed by atoms with Crippen LogP contribution in [0.15, 0.2) is 12.3 Å². The molecule has 2 heterocycles. The Hall–Kier alpha value is -0.870. The van der Waals surface area contributed by atoms with Gasteiger partial charge in [0, 0.05) is 25.7 Å². The van der Waals surface area contributed by atoms with Gasteiger partial charge in [-0.2, -0.15) is 0 Å². The van der Waals surface area contributed by atoms with Crippen molar-refractivity contribution in [1.82, 2.24) is 9.88 Å². The van der Waals surface area contributed by atoms with Gasteiger partial charge in [-0.3, -0.25) is 0 Å². The van der Waals surface area contributed by atoms with Gasteiger partial charge in [-0.05, 0) is 32.0 Å². The van der Waals surface area contributed by atoms with Crippen molar-refractivity contribution in [3.05, 3.63) is 23.6 Å². The zero-order chi connectivity index (χ0) is 13.1. The number of anilines is 1. The molecule has 0 spiro atoms. The first kappa shape index (κ1) is 13.6. The Morgan fingerprint density at radius 3 is 3.00 bits per heavy atom. The molecule has 0 radical (unpaired) electrons. The van der Waals surface area contributed by atoms with Crippen LogP contribution in [0.3, 0.4) is 0 Å². The number of likely N-dealkylation sites (tertiary alicyclic amines) is 1. The Labute approximate surface area is 113 Å². The van der Waals surface area contributed by atoms with Crippen molar-refractivity contribution in [1.29, 1.82) is 0 Å². The summed E-state index contributed by atoms with van der Waals surface area (Å²) in [5, 5.41) is 0. The zero-order valence-electron chi connectivity index (χ0n) is 10.9. The van der Waals surface area contributed by atoms with E-state index in [0.29, 0.717) is 5.92 Å². The van der Waals surface area contributed by atoms with E-state index in [9.17, 15) is 4.39 Å². The number of hydrogen-bond acceptors (Lipinski definition) is 3. The van der Waals surface area contributed by atoms with Crippen molar-refractivity contribution in [2.24, 2.45) is 5.92 Å². The minimum absolute atomic E-state index is 0.287. The van der Waals surface area contributed by atoms with Crippen LogP contribution in [-0.4, -0.2) is 43.6 Å². The number of aromatic nitrogens is 1. The number of pyridine rings is 1. The highest BCUT2D eigenvalue weighted by Crippen LogP contribution is 2.22. The van der Waals surface area contributed by atoms with Crippen LogP contribution < -0.4 is 4.90 Å². The first-order valence-corrected chi connectivity index (χ1v) is 6.73. The largest absolute Gasteiger partial charge is 0.359 e. The minimum Gasteiger partial charge on any atom is -0.359 e. The lowest BCUT2D eigenvalue weighted by Crippen LogP contribution is -2.28. The van der Waals surface area contributed by atoms with Gasteiger partial charge in [0.15, 0.2) is 0 Å². The second-order valence-corrected chi connectivity index (χ2v) is 5.33. The van der Waals surface area contributed by atoms with Gasteiger partial charge >= 0.3 is 0 Å². The van der Waals surface area contributed by atoms with E-state index in [0.717, 1.165) is 31.0 Å². The van der Waals surface area contributed by atoms with E-state index in [1.54, 1.807) is 0 Å². The van der Waals surface area contributed by atoms with E-state index < -0.39 is 0 Å². The summed E-state index contributed by atoms with van der Waals surface area (Å²) in [4.78, 5) is 8.58. The number of halogens is 2. The number of alkyl halides is 1. The Balaban J connectivity index is 2.06. The summed E-state index contributed by atoms with van der Waals surface area (Å²) in [6, 6.07) is 1.46.